The van der Waals surface area contributed by atoms with Crippen molar-refractivity contribution in [1.82, 2.24) is 8.61 Å². The van der Waals surface area contributed by atoms with Crippen LogP contribution in [0.2, 0.25) is 0 Å². The van der Waals surface area contributed by atoms with Crippen LogP contribution in [-0.4, -0.2) is 49.1 Å². The molecule has 2 rings (SSSR count). The summed E-state index contributed by atoms with van der Waals surface area (Å²) in [5.41, 5.74) is 0. The van der Waals surface area contributed by atoms with Crippen LogP contribution in [0.15, 0.2) is 0 Å². The fourth-order valence-electron chi connectivity index (χ4n) is 2.44. The zero-order valence-electron chi connectivity index (χ0n) is 9.44. The third-order valence-electron chi connectivity index (χ3n) is 3.42. The lowest BCUT2D eigenvalue weighted by Gasteiger charge is -2.33. The number of piperidine rings is 1. The van der Waals surface area contributed by atoms with Crippen LogP contribution in [0.1, 0.15) is 25.7 Å². The van der Waals surface area contributed by atoms with Crippen molar-refractivity contribution in [3.8, 4) is 0 Å². The van der Waals surface area contributed by atoms with Gasteiger partial charge in [-0.25, -0.2) is 0 Å². The lowest BCUT2D eigenvalue weighted by molar-refractivity contribution is 0.266. The highest BCUT2D eigenvalue weighted by molar-refractivity contribution is 7.86. The Balaban J connectivity index is 2.04. The maximum Gasteiger partial charge on any atom is 0.281 e. The molecule has 0 aromatic heterocycles. The van der Waals surface area contributed by atoms with Crippen LogP contribution in [0.25, 0.3) is 0 Å². The van der Waals surface area contributed by atoms with E-state index in [1.165, 1.54) is 0 Å². The lowest BCUT2D eigenvalue weighted by Crippen LogP contribution is -2.47. The summed E-state index contributed by atoms with van der Waals surface area (Å²) in [6, 6.07) is 0. The highest BCUT2D eigenvalue weighted by Gasteiger charge is 2.34. The number of hydrogen-bond donors (Lipinski definition) is 0. The average molecular weight is 267 g/mol. The fraction of sp³-hybridized carbons (Fsp3) is 1.00. The first-order chi connectivity index (χ1) is 7.64. The van der Waals surface area contributed by atoms with E-state index in [0.29, 0.717) is 38.0 Å². The smallest absolute Gasteiger partial charge is 0.195 e. The van der Waals surface area contributed by atoms with Crippen LogP contribution in [0.3, 0.4) is 0 Å². The molecule has 0 radical (unpaired) electrons. The third kappa shape index (κ3) is 2.53. The molecule has 0 aromatic carbocycles. The largest absolute Gasteiger partial charge is 0.281 e. The van der Waals surface area contributed by atoms with Crippen molar-refractivity contribution in [3.05, 3.63) is 0 Å². The molecule has 1 atom stereocenters. The van der Waals surface area contributed by atoms with Gasteiger partial charge in [0.15, 0.2) is 0 Å². The summed E-state index contributed by atoms with van der Waals surface area (Å²) in [4.78, 5) is 0. The van der Waals surface area contributed by atoms with Crippen LogP contribution in [0, 0.1) is 5.92 Å². The van der Waals surface area contributed by atoms with Gasteiger partial charge in [-0.2, -0.15) is 17.0 Å². The van der Waals surface area contributed by atoms with Gasteiger partial charge in [0.05, 0.1) is 0 Å². The van der Waals surface area contributed by atoms with Crippen molar-refractivity contribution < 1.29 is 8.42 Å². The van der Waals surface area contributed by atoms with E-state index in [4.69, 9.17) is 11.6 Å². The summed E-state index contributed by atoms with van der Waals surface area (Å²) in [5.74, 6) is 0.888. The SMILES string of the molecule is O=S(=O)(N1CCCC1)N1CCCC(CCl)C1. The topological polar surface area (TPSA) is 40.6 Å². The maximum atomic E-state index is 12.3. The Morgan fingerprint density at radius 2 is 1.69 bits per heavy atom. The molecule has 94 valence electrons. The van der Waals surface area contributed by atoms with Gasteiger partial charge in [0.1, 0.15) is 0 Å². The molecule has 0 saturated carbocycles. The van der Waals surface area contributed by atoms with E-state index in [2.05, 4.69) is 0 Å². The second-order valence-electron chi connectivity index (χ2n) is 4.63. The molecule has 1 unspecified atom stereocenters. The van der Waals surface area contributed by atoms with Gasteiger partial charge in [0.2, 0.25) is 0 Å². The van der Waals surface area contributed by atoms with Crippen LogP contribution < -0.4 is 0 Å². The zero-order valence-corrected chi connectivity index (χ0v) is 11.0. The molecule has 0 aliphatic carbocycles. The summed E-state index contributed by atoms with van der Waals surface area (Å²) in [5, 5.41) is 0. The molecule has 16 heavy (non-hydrogen) atoms. The van der Waals surface area contributed by atoms with Gasteiger partial charge in [0, 0.05) is 32.1 Å². The molecular weight excluding hydrogens is 248 g/mol. The van der Waals surface area contributed by atoms with Crippen molar-refractivity contribution in [2.45, 2.75) is 25.7 Å². The Morgan fingerprint density at radius 1 is 1.06 bits per heavy atom. The summed E-state index contributed by atoms with van der Waals surface area (Å²) in [6.45, 7) is 2.63. The summed E-state index contributed by atoms with van der Waals surface area (Å²) in [6.07, 6.45) is 3.97. The van der Waals surface area contributed by atoms with Gasteiger partial charge < -0.3 is 0 Å². The average Bonchev–Trinajstić information content (AvgIpc) is 2.83. The van der Waals surface area contributed by atoms with E-state index >= 15 is 0 Å². The molecule has 0 N–H and O–H groups in total. The first kappa shape index (κ1) is 12.6. The Kier molecular flexibility index (Phi) is 4.11. The van der Waals surface area contributed by atoms with Gasteiger partial charge in [0.25, 0.3) is 10.2 Å². The monoisotopic (exact) mass is 266 g/mol. The van der Waals surface area contributed by atoms with E-state index in [9.17, 15) is 8.42 Å². The quantitative estimate of drug-likeness (QED) is 0.722. The second-order valence-corrected chi connectivity index (χ2v) is 6.87. The fourth-order valence-corrected chi connectivity index (χ4v) is 4.50. The maximum absolute atomic E-state index is 12.3. The van der Waals surface area contributed by atoms with Crippen LogP contribution in [0.5, 0.6) is 0 Å². The molecule has 0 aromatic rings. The van der Waals surface area contributed by atoms with Crippen LogP contribution in [0.4, 0.5) is 0 Å². The highest BCUT2D eigenvalue weighted by atomic mass is 35.5. The predicted molar refractivity (Wildman–Crippen MR) is 64.7 cm³/mol. The zero-order chi connectivity index (χ0) is 11.6. The minimum atomic E-state index is -3.20. The number of hydrogen-bond acceptors (Lipinski definition) is 2. The van der Waals surface area contributed by atoms with Gasteiger partial charge in [-0.15, -0.1) is 11.6 Å². The van der Waals surface area contributed by atoms with Crippen molar-refractivity contribution in [2.24, 2.45) is 5.92 Å². The van der Waals surface area contributed by atoms with Gasteiger partial charge in [-0.05, 0) is 31.6 Å². The molecule has 0 bridgehead atoms. The van der Waals surface area contributed by atoms with Crippen LogP contribution >= 0.6 is 11.6 Å². The van der Waals surface area contributed by atoms with Gasteiger partial charge in [-0.1, -0.05) is 0 Å². The highest BCUT2D eigenvalue weighted by Crippen LogP contribution is 2.23. The Hall–Kier alpha value is 0.160. The summed E-state index contributed by atoms with van der Waals surface area (Å²) in [7, 11) is -3.20. The molecule has 0 amide bonds. The molecule has 2 aliphatic heterocycles. The third-order valence-corrected chi connectivity index (χ3v) is 5.86. The number of nitrogens with zero attached hydrogens (tertiary/aromatic N) is 2. The van der Waals surface area contributed by atoms with Crippen molar-refractivity contribution in [3.63, 3.8) is 0 Å². The van der Waals surface area contributed by atoms with E-state index in [-0.39, 0.29) is 0 Å². The van der Waals surface area contributed by atoms with E-state index in [1.807, 2.05) is 0 Å². The van der Waals surface area contributed by atoms with Crippen molar-refractivity contribution >= 4 is 21.8 Å². The van der Waals surface area contributed by atoms with Crippen molar-refractivity contribution in [2.75, 3.05) is 32.1 Å². The number of halogens is 1. The van der Waals surface area contributed by atoms with E-state index in [0.717, 1.165) is 25.7 Å². The van der Waals surface area contributed by atoms with Crippen molar-refractivity contribution in [1.29, 1.82) is 0 Å². The minimum absolute atomic E-state index is 0.327. The molecule has 2 aliphatic rings. The standard InChI is InChI=1S/C10H19ClN2O2S/c11-8-10-4-3-7-13(9-10)16(14,15)12-5-1-2-6-12/h10H,1-9H2. The number of alkyl halides is 1. The Labute approximate surface area is 103 Å². The summed E-state index contributed by atoms with van der Waals surface area (Å²) >= 11 is 5.82. The minimum Gasteiger partial charge on any atom is -0.195 e. The molecule has 2 fully saturated rings. The Morgan fingerprint density at radius 3 is 2.31 bits per heavy atom. The first-order valence-corrected chi connectivity index (χ1v) is 7.89. The van der Waals surface area contributed by atoms with E-state index in [1.54, 1.807) is 8.61 Å². The first-order valence-electron chi connectivity index (χ1n) is 5.96. The van der Waals surface area contributed by atoms with Gasteiger partial charge in [-0.3, -0.25) is 0 Å². The molecule has 4 nitrogen and oxygen atoms in total. The molecule has 0 spiro atoms. The number of rotatable bonds is 3. The lowest BCUT2D eigenvalue weighted by atomic mass is 10.0. The van der Waals surface area contributed by atoms with Crippen LogP contribution in [-0.2, 0) is 10.2 Å². The van der Waals surface area contributed by atoms with E-state index < -0.39 is 10.2 Å². The molecular formula is C10H19ClN2O2S. The Bertz CT molecular complexity index is 328. The summed E-state index contributed by atoms with van der Waals surface area (Å²) < 4.78 is 27.8. The normalized spacial score (nSPS) is 29.7. The molecule has 2 saturated heterocycles. The van der Waals surface area contributed by atoms with Gasteiger partial charge >= 0.3 is 0 Å². The molecule has 2 heterocycles. The molecule has 6 heteroatoms. The predicted octanol–water partition coefficient (Wildman–Crippen LogP) is 1.28. The second kappa shape index (κ2) is 5.21.